The van der Waals surface area contributed by atoms with Crippen molar-refractivity contribution in [1.29, 1.82) is 0 Å². The summed E-state index contributed by atoms with van der Waals surface area (Å²) in [5, 5.41) is 0. The number of hydrogen-bond donors (Lipinski definition) is 0. The normalized spacial score (nSPS) is 23.7. The molecule has 2 rings (SSSR count). The minimum absolute atomic E-state index is 0.0309. The maximum Gasteiger partial charge on any atom is 0.175 e. The summed E-state index contributed by atoms with van der Waals surface area (Å²) in [6, 6.07) is 4.74. The van der Waals surface area contributed by atoms with Crippen molar-refractivity contribution in [2.24, 2.45) is 11.8 Å². The largest absolute Gasteiger partial charge is 0.494 e. The van der Waals surface area contributed by atoms with Gasteiger partial charge in [0.15, 0.2) is 17.3 Å². The number of carbonyl (C=O) groups excluding carboxylic acids is 1. The van der Waals surface area contributed by atoms with Crippen LogP contribution in [0.4, 0.5) is 4.39 Å². The average Bonchev–Trinajstić information content (AvgIpc) is 2.75. The topological polar surface area (TPSA) is 26.3 Å². The van der Waals surface area contributed by atoms with Crippen LogP contribution in [0, 0.1) is 17.7 Å². The molecule has 0 aromatic heterocycles. The number of rotatable bonds is 3. The van der Waals surface area contributed by atoms with Gasteiger partial charge in [-0.1, -0.05) is 19.4 Å². The van der Waals surface area contributed by atoms with E-state index in [1.807, 2.05) is 0 Å². The predicted octanol–water partition coefficient (Wildman–Crippen LogP) is 3.45. The summed E-state index contributed by atoms with van der Waals surface area (Å²) in [6.45, 7) is 2.06. The molecule has 92 valence electrons. The van der Waals surface area contributed by atoms with E-state index in [9.17, 15) is 9.18 Å². The smallest absolute Gasteiger partial charge is 0.175 e. The van der Waals surface area contributed by atoms with Crippen LogP contribution in [-0.4, -0.2) is 12.9 Å². The van der Waals surface area contributed by atoms with Crippen molar-refractivity contribution >= 4 is 5.78 Å². The van der Waals surface area contributed by atoms with Gasteiger partial charge in [-0.25, -0.2) is 4.39 Å². The first kappa shape index (κ1) is 12.1. The van der Waals surface area contributed by atoms with Crippen molar-refractivity contribution in [3.05, 3.63) is 29.6 Å². The number of ketones is 1. The Morgan fingerprint density at radius 1 is 1.41 bits per heavy atom. The predicted molar refractivity (Wildman–Crippen MR) is 63.8 cm³/mol. The van der Waals surface area contributed by atoms with Crippen molar-refractivity contribution < 1.29 is 13.9 Å². The highest BCUT2D eigenvalue weighted by molar-refractivity contribution is 5.98. The first-order valence-corrected chi connectivity index (χ1v) is 6.02. The highest BCUT2D eigenvalue weighted by Gasteiger charge is 2.32. The van der Waals surface area contributed by atoms with E-state index in [-0.39, 0.29) is 23.0 Å². The standard InChI is InChI=1S/C14H17FO2/c1-9-5-3-6-10(9)14(16)11-7-4-8-12(17-2)13(11)15/h4,7-10H,3,5-6H2,1-2H3. The maximum absolute atomic E-state index is 14.0. The van der Waals surface area contributed by atoms with Crippen LogP contribution in [0.25, 0.3) is 0 Å². The van der Waals surface area contributed by atoms with Crippen molar-refractivity contribution in [3.63, 3.8) is 0 Å². The van der Waals surface area contributed by atoms with Gasteiger partial charge in [0, 0.05) is 5.92 Å². The Morgan fingerprint density at radius 2 is 2.18 bits per heavy atom. The third-order valence-electron chi connectivity index (χ3n) is 3.65. The third-order valence-corrected chi connectivity index (χ3v) is 3.65. The van der Waals surface area contributed by atoms with Crippen LogP contribution >= 0.6 is 0 Å². The van der Waals surface area contributed by atoms with Crippen LogP contribution in [0.15, 0.2) is 18.2 Å². The first-order chi connectivity index (χ1) is 8.15. The summed E-state index contributed by atoms with van der Waals surface area (Å²) in [5.41, 5.74) is 0.170. The maximum atomic E-state index is 14.0. The van der Waals surface area contributed by atoms with Crippen LogP contribution < -0.4 is 4.74 Å². The number of carbonyl (C=O) groups is 1. The lowest BCUT2D eigenvalue weighted by molar-refractivity contribution is 0.0892. The minimum Gasteiger partial charge on any atom is -0.494 e. The van der Waals surface area contributed by atoms with Gasteiger partial charge in [0.1, 0.15) is 0 Å². The molecule has 1 aromatic rings. The Balaban J connectivity index is 2.30. The fraction of sp³-hybridized carbons (Fsp3) is 0.500. The second-order valence-electron chi connectivity index (χ2n) is 4.70. The molecule has 17 heavy (non-hydrogen) atoms. The van der Waals surface area contributed by atoms with E-state index in [2.05, 4.69) is 6.92 Å². The molecular weight excluding hydrogens is 219 g/mol. The van der Waals surface area contributed by atoms with Gasteiger partial charge in [0.05, 0.1) is 12.7 Å². The average molecular weight is 236 g/mol. The SMILES string of the molecule is COc1cccc(C(=O)C2CCCC2C)c1F. The summed E-state index contributed by atoms with van der Waals surface area (Å²) >= 11 is 0. The van der Waals surface area contributed by atoms with Crippen LogP contribution in [0.3, 0.4) is 0 Å². The first-order valence-electron chi connectivity index (χ1n) is 6.02. The number of ether oxygens (including phenoxy) is 1. The van der Waals surface area contributed by atoms with E-state index >= 15 is 0 Å². The molecule has 2 nitrogen and oxygen atoms in total. The van der Waals surface area contributed by atoms with Crippen LogP contribution in [-0.2, 0) is 0 Å². The molecule has 1 aliphatic carbocycles. The fourth-order valence-corrected chi connectivity index (χ4v) is 2.59. The van der Waals surface area contributed by atoms with Crippen LogP contribution in [0.5, 0.6) is 5.75 Å². The van der Waals surface area contributed by atoms with Gasteiger partial charge in [0.2, 0.25) is 0 Å². The second-order valence-corrected chi connectivity index (χ2v) is 4.70. The molecule has 0 N–H and O–H groups in total. The van der Waals surface area contributed by atoms with Crippen molar-refractivity contribution in [3.8, 4) is 5.75 Å². The quantitative estimate of drug-likeness (QED) is 0.751. The summed E-state index contributed by atoms with van der Waals surface area (Å²) < 4.78 is 18.9. The van der Waals surface area contributed by atoms with Gasteiger partial charge >= 0.3 is 0 Å². The van der Waals surface area contributed by atoms with Gasteiger partial charge in [-0.15, -0.1) is 0 Å². The molecule has 0 amide bonds. The lowest BCUT2D eigenvalue weighted by Crippen LogP contribution is -2.18. The Bertz CT molecular complexity index is 428. The molecule has 0 saturated heterocycles. The van der Waals surface area contributed by atoms with Crippen LogP contribution in [0.2, 0.25) is 0 Å². The summed E-state index contributed by atoms with van der Waals surface area (Å²) in [5.74, 6) is -0.142. The molecule has 2 atom stereocenters. The third kappa shape index (κ3) is 2.19. The lowest BCUT2D eigenvalue weighted by Gasteiger charge is -2.15. The fourth-order valence-electron chi connectivity index (χ4n) is 2.59. The zero-order valence-corrected chi connectivity index (χ0v) is 10.2. The molecule has 0 heterocycles. The Kier molecular flexibility index (Phi) is 3.46. The van der Waals surface area contributed by atoms with E-state index in [0.29, 0.717) is 5.92 Å². The van der Waals surface area contributed by atoms with Gasteiger partial charge < -0.3 is 4.74 Å². The molecule has 3 heteroatoms. The number of halogens is 1. The molecular formula is C14H17FO2. The Hall–Kier alpha value is -1.38. The minimum atomic E-state index is -0.529. The van der Waals surface area contributed by atoms with Gasteiger partial charge in [-0.05, 0) is 30.9 Å². The van der Waals surface area contributed by atoms with E-state index in [0.717, 1.165) is 19.3 Å². The Labute approximate surface area is 101 Å². The molecule has 1 aromatic carbocycles. The van der Waals surface area contributed by atoms with E-state index in [1.165, 1.54) is 13.2 Å². The summed E-state index contributed by atoms with van der Waals surface area (Å²) in [4.78, 5) is 12.3. The molecule has 0 radical (unpaired) electrons. The number of hydrogen-bond acceptors (Lipinski definition) is 2. The summed E-state index contributed by atoms with van der Waals surface area (Å²) in [6.07, 6.45) is 2.99. The number of Topliss-reactive ketones (excluding diaryl/α,β-unsaturated/α-hetero) is 1. The monoisotopic (exact) mass is 236 g/mol. The molecule has 0 spiro atoms. The lowest BCUT2D eigenvalue weighted by atomic mass is 9.89. The van der Waals surface area contributed by atoms with Gasteiger partial charge in [-0.2, -0.15) is 0 Å². The Morgan fingerprint density at radius 3 is 2.76 bits per heavy atom. The molecule has 2 unspecified atom stereocenters. The van der Waals surface area contributed by atoms with Crippen LogP contribution in [0.1, 0.15) is 36.5 Å². The highest BCUT2D eigenvalue weighted by atomic mass is 19.1. The molecule has 0 bridgehead atoms. The zero-order chi connectivity index (χ0) is 12.4. The zero-order valence-electron chi connectivity index (χ0n) is 10.2. The van der Waals surface area contributed by atoms with Crippen molar-refractivity contribution in [2.75, 3.05) is 7.11 Å². The van der Waals surface area contributed by atoms with Gasteiger partial charge in [-0.3, -0.25) is 4.79 Å². The van der Waals surface area contributed by atoms with Crippen molar-refractivity contribution in [2.45, 2.75) is 26.2 Å². The molecule has 1 fully saturated rings. The summed E-state index contributed by atoms with van der Waals surface area (Å²) in [7, 11) is 1.41. The van der Waals surface area contributed by atoms with E-state index in [4.69, 9.17) is 4.74 Å². The van der Waals surface area contributed by atoms with E-state index < -0.39 is 5.82 Å². The number of methoxy groups -OCH3 is 1. The van der Waals surface area contributed by atoms with E-state index in [1.54, 1.807) is 12.1 Å². The molecule has 1 saturated carbocycles. The molecule has 1 aliphatic rings. The number of benzene rings is 1. The molecule has 0 aliphatic heterocycles. The highest BCUT2D eigenvalue weighted by Crippen LogP contribution is 2.35. The van der Waals surface area contributed by atoms with Gasteiger partial charge in [0.25, 0.3) is 0 Å². The second kappa shape index (κ2) is 4.86. The van der Waals surface area contributed by atoms with Crippen molar-refractivity contribution in [1.82, 2.24) is 0 Å².